The fraction of sp³-hybridized carbons (Fsp3) is 0.316. The smallest absolute Gasteiger partial charge is 0.387 e. The maximum atomic E-state index is 12.7. The molecule has 1 aromatic heterocycles. The van der Waals surface area contributed by atoms with Gasteiger partial charge >= 0.3 is 6.61 Å². The number of hydrogen-bond acceptors (Lipinski definition) is 4. The topological polar surface area (TPSA) is 71.9 Å². The molecule has 2 amide bonds. The zero-order valence-electron chi connectivity index (χ0n) is 15.0. The summed E-state index contributed by atoms with van der Waals surface area (Å²) in [4.78, 5) is 39.9. The molecular formula is C19H19F2N3O4. The third kappa shape index (κ3) is 4.54. The Hall–Kier alpha value is -3.23. The van der Waals surface area contributed by atoms with Crippen LogP contribution in [0.2, 0.25) is 0 Å². The number of benzene rings is 1. The molecule has 1 fully saturated rings. The van der Waals surface area contributed by atoms with E-state index in [2.05, 4.69) is 4.74 Å². The summed E-state index contributed by atoms with van der Waals surface area (Å²) in [5, 5.41) is 0. The molecule has 1 aliphatic rings. The predicted octanol–water partition coefficient (Wildman–Crippen LogP) is 1.43. The van der Waals surface area contributed by atoms with E-state index in [0.29, 0.717) is 13.1 Å². The highest BCUT2D eigenvalue weighted by atomic mass is 19.3. The molecule has 0 bridgehead atoms. The van der Waals surface area contributed by atoms with Gasteiger partial charge in [0.25, 0.3) is 11.5 Å². The van der Waals surface area contributed by atoms with Crippen LogP contribution in [0, 0.1) is 0 Å². The number of alkyl halides is 2. The van der Waals surface area contributed by atoms with Gasteiger partial charge in [-0.25, -0.2) is 0 Å². The number of hydrogen-bond donors (Lipinski definition) is 0. The number of nitrogens with zero attached hydrogens (tertiary/aromatic N) is 3. The zero-order valence-corrected chi connectivity index (χ0v) is 15.0. The molecule has 1 aliphatic heterocycles. The lowest BCUT2D eigenvalue weighted by Crippen LogP contribution is -2.51. The predicted molar refractivity (Wildman–Crippen MR) is 96.3 cm³/mol. The molecule has 0 aliphatic carbocycles. The second kappa shape index (κ2) is 8.64. The Morgan fingerprint density at radius 1 is 0.964 bits per heavy atom. The number of pyridine rings is 1. The summed E-state index contributed by atoms with van der Waals surface area (Å²) < 4.78 is 30.8. The molecule has 1 aromatic carbocycles. The van der Waals surface area contributed by atoms with Crippen molar-refractivity contribution >= 4 is 11.8 Å². The largest absolute Gasteiger partial charge is 0.434 e. The molecule has 3 rings (SSSR count). The van der Waals surface area contributed by atoms with Crippen molar-refractivity contribution in [1.29, 1.82) is 0 Å². The molecule has 28 heavy (non-hydrogen) atoms. The van der Waals surface area contributed by atoms with E-state index in [1.54, 1.807) is 29.3 Å². The molecule has 0 radical (unpaired) electrons. The maximum Gasteiger partial charge on any atom is 0.387 e. The van der Waals surface area contributed by atoms with Crippen LogP contribution in [0.25, 0.3) is 0 Å². The van der Waals surface area contributed by atoms with Gasteiger partial charge in [0.15, 0.2) is 0 Å². The monoisotopic (exact) mass is 391 g/mol. The molecule has 2 aromatic rings. The fourth-order valence-electron chi connectivity index (χ4n) is 3.01. The van der Waals surface area contributed by atoms with Crippen LogP contribution >= 0.6 is 0 Å². The Balaban J connectivity index is 1.61. The van der Waals surface area contributed by atoms with Crippen molar-refractivity contribution in [2.75, 3.05) is 26.2 Å². The van der Waals surface area contributed by atoms with Crippen LogP contribution in [0.1, 0.15) is 10.4 Å². The summed E-state index contributed by atoms with van der Waals surface area (Å²) >= 11 is 0. The molecule has 2 heterocycles. The van der Waals surface area contributed by atoms with Gasteiger partial charge in [0.2, 0.25) is 5.91 Å². The first-order chi connectivity index (χ1) is 13.5. The normalized spacial score (nSPS) is 14.2. The minimum absolute atomic E-state index is 0.0541. The third-order valence-corrected chi connectivity index (χ3v) is 4.46. The highest BCUT2D eigenvalue weighted by molar-refractivity contribution is 5.97. The van der Waals surface area contributed by atoms with Gasteiger partial charge in [-0.15, -0.1) is 0 Å². The second-order valence-electron chi connectivity index (χ2n) is 6.21. The SMILES string of the molecule is O=C(Cn1ccccc1=O)N1CCN(C(=O)c2ccccc2OC(F)F)CC1. The molecule has 7 nitrogen and oxygen atoms in total. The summed E-state index contributed by atoms with van der Waals surface area (Å²) in [6.45, 7) is -1.98. The van der Waals surface area contributed by atoms with Gasteiger partial charge in [0, 0.05) is 38.4 Å². The first-order valence-electron chi connectivity index (χ1n) is 8.72. The van der Waals surface area contributed by atoms with Crippen LogP contribution in [-0.4, -0.2) is 59.0 Å². The summed E-state index contributed by atoms with van der Waals surface area (Å²) in [6.07, 6.45) is 1.54. The minimum atomic E-state index is -3.02. The van der Waals surface area contributed by atoms with Gasteiger partial charge in [0.05, 0.1) is 5.56 Å². The molecule has 0 N–H and O–H groups in total. The van der Waals surface area contributed by atoms with Crippen LogP contribution in [0.3, 0.4) is 0 Å². The number of carbonyl (C=O) groups is 2. The van der Waals surface area contributed by atoms with Crippen molar-refractivity contribution in [3.63, 3.8) is 0 Å². The number of halogens is 2. The van der Waals surface area contributed by atoms with Crippen LogP contribution in [-0.2, 0) is 11.3 Å². The Bertz CT molecular complexity index is 908. The molecule has 1 saturated heterocycles. The first kappa shape index (κ1) is 19.5. The van der Waals surface area contributed by atoms with Crippen LogP contribution in [0.4, 0.5) is 8.78 Å². The van der Waals surface area contributed by atoms with E-state index < -0.39 is 12.5 Å². The van der Waals surface area contributed by atoms with E-state index in [9.17, 15) is 23.2 Å². The molecule has 148 valence electrons. The lowest BCUT2D eigenvalue weighted by molar-refractivity contribution is -0.133. The van der Waals surface area contributed by atoms with Crippen LogP contribution in [0.15, 0.2) is 53.5 Å². The Labute approximate surface area is 159 Å². The minimum Gasteiger partial charge on any atom is -0.434 e. The molecule has 9 heteroatoms. The van der Waals surface area contributed by atoms with Crippen molar-refractivity contribution in [3.05, 3.63) is 64.6 Å². The molecule has 0 atom stereocenters. The van der Waals surface area contributed by atoms with E-state index >= 15 is 0 Å². The second-order valence-corrected chi connectivity index (χ2v) is 6.21. The fourth-order valence-corrected chi connectivity index (χ4v) is 3.01. The van der Waals surface area contributed by atoms with Gasteiger partial charge < -0.3 is 19.1 Å². The van der Waals surface area contributed by atoms with E-state index in [1.807, 2.05) is 0 Å². The van der Waals surface area contributed by atoms with Crippen LogP contribution in [0.5, 0.6) is 5.75 Å². The van der Waals surface area contributed by atoms with Gasteiger partial charge in [0.1, 0.15) is 12.3 Å². The van der Waals surface area contributed by atoms with Gasteiger partial charge in [-0.2, -0.15) is 8.78 Å². The molecular weight excluding hydrogens is 372 g/mol. The van der Waals surface area contributed by atoms with E-state index in [-0.39, 0.29) is 42.4 Å². The molecule has 0 saturated carbocycles. The van der Waals surface area contributed by atoms with Gasteiger partial charge in [-0.1, -0.05) is 18.2 Å². The number of ether oxygens (including phenoxy) is 1. The Kier molecular flexibility index (Phi) is 6.03. The maximum absolute atomic E-state index is 12.7. The number of aromatic nitrogens is 1. The highest BCUT2D eigenvalue weighted by Gasteiger charge is 2.27. The Morgan fingerprint density at radius 3 is 2.29 bits per heavy atom. The molecule has 0 unspecified atom stereocenters. The van der Waals surface area contributed by atoms with Crippen LogP contribution < -0.4 is 10.3 Å². The van der Waals surface area contributed by atoms with E-state index in [4.69, 9.17) is 0 Å². The number of rotatable bonds is 5. The van der Waals surface area contributed by atoms with Crippen molar-refractivity contribution in [1.82, 2.24) is 14.4 Å². The average Bonchev–Trinajstić information content (AvgIpc) is 2.69. The van der Waals surface area contributed by atoms with Crippen molar-refractivity contribution in [2.45, 2.75) is 13.2 Å². The summed E-state index contributed by atoms with van der Waals surface area (Å²) in [6, 6.07) is 10.5. The summed E-state index contributed by atoms with van der Waals surface area (Å²) in [5.41, 5.74) is -0.210. The lowest BCUT2D eigenvalue weighted by Gasteiger charge is -2.35. The average molecular weight is 391 g/mol. The van der Waals surface area contributed by atoms with Crippen molar-refractivity contribution in [3.8, 4) is 5.75 Å². The van der Waals surface area contributed by atoms with Gasteiger partial charge in [-0.3, -0.25) is 14.4 Å². The number of amides is 2. The van der Waals surface area contributed by atoms with Crippen molar-refractivity contribution in [2.24, 2.45) is 0 Å². The van der Waals surface area contributed by atoms with Gasteiger partial charge in [-0.05, 0) is 18.2 Å². The number of carbonyl (C=O) groups excluding carboxylic acids is 2. The quantitative estimate of drug-likeness (QED) is 0.773. The molecule has 0 spiro atoms. The lowest BCUT2D eigenvalue weighted by atomic mass is 10.1. The summed E-state index contributed by atoms with van der Waals surface area (Å²) in [7, 11) is 0. The van der Waals surface area contributed by atoms with E-state index in [0.717, 1.165) is 0 Å². The zero-order chi connectivity index (χ0) is 20.1. The van der Waals surface area contributed by atoms with E-state index in [1.165, 1.54) is 33.7 Å². The number of piperazine rings is 1. The number of para-hydroxylation sites is 1. The third-order valence-electron chi connectivity index (χ3n) is 4.46. The van der Waals surface area contributed by atoms with Crippen molar-refractivity contribution < 1.29 is 23.1 Å². The first-order valence-corrected chi connectivity index (χ1v) is 8.72. The standard InChI is InChI=1S/C19H19F2N3O4/c20-19(21)28-15-6-2-1-5-14(15)18(27)23-11-9-22(10-12-23)17(26)13-24-8-4-3-7-16(24)25/h1-8,19H,9-13H2. The Morgan fingerprint density at radius 2 is 1.61 bits per heavy atom. The highest BCUT2D eigenvalue weighted by Crippen LogP contribution is 2.22. The summed E-state index contributed by atoms with van der Waals surface area (Å²) in [5.74, 6) is -0.825.